The highest BCUT2D eigenvalue weighted by Crippen LogP contribution is 2.14. The first-order chi connectivity index (χ1) is 6.90. The minimum Gasteiger partial charge on any atom is -0.410 e. The lowest BCUT2D eigenvalue weighted by atomic mass is 10.3. The molecule has 0 bridgehead atoms. The molecule has 14 heavy (non-hydrogen) atoms. The maximum atomic E-state index is 5.01. The maximum Gasteiger partial charge on any atom is 0.165 e. The number of hydrogen-bond donors (Lipinski definition) is 2. The zero-order valence-corrected chi connectivity index (χ0v) is 7.94. The fourth-order valence-electron chi connectivity index (χ4n) is 1.52. The number of anilines is 1. The van der Waals surface area contributed by atoms with Gasteiger partial charge in [-0.2, -0.15) is 5.90 Å². The summed E-state index contributed by atoms with van der Waals surface area (Å²) < 4.78 is 0. The summed E-state index contributed by atoms with van der Waals surface area (Å²) in [5, 5.41) is 3.29. The summed E-state index contributed by atoms with van der Waals surface area (Å²) in [7, 11) is 0. The van der Waals surface area contributed by atoms with Crippen LogP contribution in [0.25, 0.3) is 0 Å². The Bertz CT molecular complexity index is 281. The van der Waals surface area contributed by atoms with Crippen molar-refractivity contribution in [3.63, 3.8) is 0 Å². The molecule has 1 aliphatic heterocycles. The zero-order chi connectivity index (χ0) is 9.80. The van der Waals surface area contributed by atoms with E-state index in [1.54, 1.807) is 6.20 Å². The summed E-state index contributed by atoms with van der Waals surface area (Å²) in [5.41, 5.74) is 0. The largest absolute Gasteiger partial charge is 0.410 e. The molecule has 2 heterocycles. The van der Waals surface area contributed by atoms with Crippen molar-refractivity contribution in [2.24, 2.45) is 5.90 Å². The van der Waals surface area contributed by atoms with Crippen LogP contribution < -0.4 is 21.0 Å². The van der Waals surface area contributed by atoms with Crippen LogP contribution in [0, 0.1) is 0 Å². The molecule has 0 aliphatic carbocycles. The standard InChI is InChI=1S/C9H14N4O/c10-14-8-1-2-9(12-7-8)13-5-3-11-4-6-13/h1-2,7,11H,3-6,10H2. The second-order valence-electron chi connectivity index (χ2n) is 3.21. The molecule has 0 saturated carbocycles. The van der Waals surface area contributed by atoms with E-state index in [-0.39, 0.29) is 0 Å². The number of nitrogens with one attached hydrogen (secondary N) is 1. The molecule has 2 rings (SSSR count). The summed E-state index contributed by atoms with van der Waals surface area (Å²) in [6.45, 7) is 4.01. The Balaban J connectivity index is 2.07. The van der Waals surface area contributed by atoms with Crippen molar-refractivity contribution in [3.8, 4) is 5.75 Å². The molecular formula is C9H14N4O. The van der Waals surface area contributed by atoms with Gasteiger partial charge in [0.15, 0.2) is 5.75 Å². The molecule has 0 unspecified atom stereocenters. The van der Waals surface area contributed by atoms with Gasteiger partial charge in [0.25, 0.3) is 0 Å². The molecule has 5 nitrogen and oxygen atoms in total. The highest BCUT2D eigenvalue weighted by atomic mass is 16.6. The molecule has 0 amide bonds. The predicted molar refractivity (Wildman–Crippen MR) is 54.1 cm³/mol. The van der Waals surface area contributed by atoms with Gasteiger partial charge >= 0.3 is 0 Å². The van der Waals surface area contributed by atoms with Gasteiger partial charge in [-0.15, -0.1) is 0 Å². The normalized spacial score (nSPS) is 16.8. The third-order valence-corrected chi connectivity index (χ3v) is 2.30. The molecule has 0 aromatic carbocycles. The van der Waals surface area contributed by atoms with Crippen molar-refractivity contribution < 1.29 is 4.84 Å². The van der Waals surface area contributed by atoms with Crippen LogP contribution in [0.4, 0.5) is 5.82 Å². The van der Waals surface area contributed by atoms with Crippen molar-refractivity contribution in [1.82, 2.24) is 10.3 Å². The molecule has 1 aliphatic rings. The minimum absolute atomic E-state index is 0.587. The smallest absolute Gasteiger partial charge is 0.165 e. The van der Waals surface area contributed by atoms with E-state index in [2.05, 4.69) is 20.0 Å². The second-order valence-corrected chi connectivity index (χ2v) is 3.21. The van der Waals surface area contributed by atoms with E-state index >= 15 is 0 Å². The lowest BCUT2D eigenvalue weighted by molar-refractivity contribution is 0.333. The summed E-state index contributed by atoms with van der Waals surface area (Å²) >= 11 is 0. The number of hydrogen-bond acceptors (Lipinski definition) is 5. The third kappa shape index (κ3) is 1.94. The first-order valence-corrected chi connectivity index (χ1v) is 4.68. The van der Waals surface area contributed by atoms with Gasteiger partial charge in [-0.3, -0.25) is 0 Å². The highest BCUT2D eigenvalue weighted by molar-refractivity contribution is 5.41. The lowest BCUT2D eigenvalue weighted by Gasteiger charge is -2.28. The van der Waals surface area contributed by atoms with Gasteiger partial charge in [0.1, 0.15) is 5.82 Å². The van der Waals surface area contributed by atoms with Crippen molar-refractivity contribution >= 4 is 5.82 Å². The van der Waals surface area contributed by atoms with Crippen LogP contribution in [0.3, 0.4) is 0 Å². The Kier molecular flexibility index (Phi) is 2.81. The topological polar surface area (TPSA) is 63.4 Å². The predicted octanol–water partition coefficient (Wildman–Crippen LogP) is -0.256. The first-order valence-electron chi connectivity index (χ1n) is 4.68. The molecule has 0 radical (unpaired) electrons. The van der Waals surface area contributed by atoms with Gasteiger partial charge in [-0.25, -0.2) is 4.98 Å². The van der Waals surface area contributed by atoms with Gasteiger partial charge in [-0.05, 0) is 12.1 Å². The quantitative estimate of drug-likeness (QED) is 0.635. The fourth-order valence-corrected chi connectivity index (χ4v) is 1.52. The third-order valence-electron chi connectivity index (χ3n) is 2.30. The van der Waals surface area contributed by atoms with Gasteiger partial charge in [-0.1, -0.05) is 0 Å². The summed E-state index contributed by atoms with van der Waals surface area (Å²) in [6.07, 6.45) is 1.64. The van der Waals surface area contributed by atoms with Crippen LogP contribution in [0.1, 0.15) is 0 Å². The molecule has 3 N–H and O–H groups in total. The molecule has 1 aromatic rings. The fraction of sp³-hybridized carbons (Fsp3) is 0.444. The molecule has 0 atom stereocenters. The van der Waals surface area contributed by atoms with E-state index in [0.29, 0.717) is 5.75 Å². The van der Waals surface area contributed by atoms with Crippen molar-refractivity contribution in [1.29, 1.82) is 0 Å². The monoisotopic (exact) mass is 194 g/mol. The van der Waals surface area contributed by atoms with E-state index in [1.165, 1.54) is 0 Å². The number of rotatable bonds is 2. The molecular weight excluding hydrogens is 180 g/mol. The van der Waals surface area contributed by atoms with Crippen molar-refractivity contribution in [3.05, 3.63) is 18.3 Å². The van der Waals surface area contributed by atoms with Gasteiger partial charge in [0, 0.05) is 26.2 Å². The van der Waals surface area contributed by atoms with Crippen LogP contribution in [0.2, 0.25) is 0 Å². The van der Waals surface area contributed by atoms with Gasteiger partial charge < -0.3 is 15.1 Å². The molecule has 5 heteroatoms. The van der Waals surface area contributed by atoms with E-state index in [9.17, 15) is 0 Å². The number of piperazine rings is 1. The van der Waals surface area contributed by atoms with Crippen LogP contribution in [0.5, 0.6) is 5.75 Å². The van der Waals surface area contributed by atoms with Crippen molar-refractivity contribution in [2.75, 3.05) is 31.1 Å². The van der Waals surface area contributed by atoms with Crippen LogP contribution >= 0.6 is 0 Å². The molecule has 1 saturated heterocycles. The number of pyridine rings is 1. The molecule has 1 aromatic heterocycles. The zero-order valence-electron chi connectivity index (χ0n) is 7.94. The second kappa shape index (κ2) is 4.26. The summed E-state index contributed by atoms with van der Waals surface area (Å²) in [5.74, 6) is 6.58. The van der Waals surface area contributed by atoms with E-state index in [1.807, 2.05) is 12.1 Å². The summed E-state index contributed by atoms with van der Waals surface area (Å²) in [6, 6.07) is 3.75. The minimum atomic E-state index is 0.587. The van der Waals surface area contributed by atoms with Gasteiger partial charge in [0.2, 0.25) is 0 Å². The Morgan fingerprint density at radius 1 is 1.36 bits per heavy atom. The van der Waals surface area contributed by atoms with Gasteiger partial charge in [0.05, 0.1) is 6.20 Å². The first kappa shape index (κ1) is 9.23. The van der Waals surface area contributed by atoms with E-state index in [4.69, 9.17) is 5.90 Å². The maximum absolute atomic E-state index is 5.01. The Hall–Kier alpha value is -1.33. The Morgan fingerprint density at radius 2 is 2.14 bits per heavy atom. The molecule has 76 valence electrons. The Labute approximate surface area is 82.8 Å². The number of nitrogens with two attached hydrogens (primary N) is 1. The highest BCUT2D eigenvalue weighted by Gasteiger charge is 2.10. The molecule has 1 fully saturated rings. The number of aromatic nitrogens is 1. The average molecular weight is 194 g/mol. The lowest BCUT2D eigenvalue weighted by Crippen LogP contribution is -2.43. The van der Waals surface area contributed by atoms with Crippen molar-refractivity contribution in [2.45, 2.75) is 0 Å². The van der Waals surface area contributed by atoms with E-state index < -0.39 is 0 Å². The van der Waals surface area contributed by atoms with Crippen LogP contribution in [-0.4, -0.2) is 31.2 Å². The Morgan fingerprint density at radius 3 is 2.71 bits per heavy atom. The van der Waals surface area contributed by atoms with Crippen LogP contribution in [0.15, 0.2) is 18.3 Å². The van der Waals surface area contributed by atoms with E-state index in [0.717, 1.165) is 32.0 Å². The van der Waals surface area contributed by atoms with Crippen LogP contribution in [-0.2, 0) is 0 Å². The SMILES string of the molecule is NOc1ccc(N2CCNCC2)nc1. The number of nitrogens with zero attached hydrogens (tertiary/aromatic N) is 2. The molecule has 0 spiro atoms. The average Bonchev–Trinajstić information content (AvgIpc) is 2.30. The summed E-state index contributed by atoms with van der Waals surface area (Å²) in [4.78, 5) is 11.1.